The third kappa shape index (κ3) is 2.52. The summed E-state index contributed by atoms with van der Waals surface area (Å²) in [5.41, 5.74) is 6.59. The molecule has 0 saturated carbocycles. The van der Waals surface area contributed by atoms with Crippen molar-refractivity contribution < 1.29 is 0 Å². The van der Waals surface area contributed by atoms with E-state index in [2.05, 4.69) is 9.98 Å². The Kier molecular flexibility index (Phi) is 3.03. The molecule has 0 bridgehead atoms. The molecule has 3 nitrogen and oxygen atoms in total. The molecule has 0 aliphatic heterocycles. The maximum Gasteiger partial charge on any atom is 0.0913 e. The number of thiazole rings is 1. The Morgan fingerprint density at radius 2 is 2.15 bits per heavy atom. The molecular formula is C9H15N3S. The van der Waals surface area contributed by atoms with Gasteiger partial charge in [-0.25, -0.2) is 4.98 Å². The van der Waals surface area contributed by atoms with E-state index in [1.165, 1.54) is 4.88 Å². The van der Waals surface area contributed by atoms with E-state index >= 15 is 0 Å². The quantitative estimate of drug-likeness (QED) is 0.583. The van der Waals surface area contributed by atoms with Crippen molar-refractivity contribution in [2.24, 2.45) is 10.7 Å². The van der Waals surface area contributed by atoms with E-state index in [4.69, 9.17) is 5.73 Å². The van der Waals surface area contributed by atoms with Crippen LogP contribution in [0.1, 0.15) is 35.5 Å². The number of nitrogens with two attached hydrogens (primary N) is 1. The summed E-state index contributed by atoms with van der Waals surface area (Å²) in [5, 5.41) is 1.09. The predicted octanol–water partition coefficient (Wildman–Crippen LogP) is 2.20. The van der Waals surface area contributed by atoms with Gasteiger partial charge in [0.1, 0.15) is 0 Å². The van der Waals surface area contributed by atoms with Crippen molar-refractivity contribution in [3.63, 3.8) is 0 Å². The lowest BCUT2D eigenvalue weighted by molar-refractivity contribution is 0.823. The summed E-state index contributed by atoms with van der Waals surface area (Å²) in [4.78, 5) is 9.84. The second kappa shape index (κ2) is 3.87. The first-order valence-electron chi connectivity index (χ1n) is 4.24. The average molecular weight is 197 g/mol. The first kappa shape index (κ1) is 10.2. The van der Waals surface area contributed by atoms with Gasteiger partial charge in [0.2, 0.25) is 0 Å². The van der Waals surface area contributed by atoms with Crippen molar-refractivity contribution in [1.29, 1.82) is 0 Å². The predicted molar refractivity (Wildman–Crippen MR) is 57.3 cm³/mol. The minimum atomic E-state index is 0.135. The maximum atomic E-state index is 5.52. The van der Waals surface area contributed by atoms with Gasteiger partial charge in [0.25, 0.3) is 0 Å². The van der Waals surface area contributed by atoms with Crippen LogP contribution in [0, 0.1) is 13.8 Å². The molecule has 2 N–H and O–H groups in total. The van der Waals surface area contributed by atoms with E-state index < -0.39 is 0 Å². The van der Waals surface area contributed by atoms with Gasteiger partial charge in [-0.05, 0) is 27.7 Å². The van der Waals surface area contributed by atoms with Crippen LogP contribution >= 0.6 is 11.3 Å². The zero-order valence-electron chi connectivity index (χ0n) is 8.46. The zero-order chi connectivity index (χ0) is 10.0. The van der Waals surface area contributed by atoms with Gasteiger partial charge in [0.15, 0.2) is 0 Å². The molecule has 1 heterocycles. The highest BCUT2D eigenvalue weighted by Gasteiger charge is 2.11. The van der Waals surface area contributed by atoms with Crippen molar-refractivity contribution in [3.05, 3.63) is 15.6 Å². The fourth-order valence-corrected chi connectivity index (χ4v) is 2.22. The molecule has 0 fully saturated rings. The number of amidine groups is 1. The number of aryl methyl sites for hydroxylation is 2. The van der Waals surface area contributed by atoms with E-state index in [0.717, 1.165) is 10.7 Å². The molecule has 1 unspecified atom stereocenters. The van der Waals surface area contributed by atoms with Crippen LogP contribution in [0.4, 0.5) is 0 Å². The summed E-state index contributed by atoms with van der Waals surface area (Å²) < 4.78 is 0. The molecular weight excluding hydrogens is 182 g/mol. The number of hydrogen-bond donors (Lipinski definition) is 1. The molecule has 1 aromatic rings. The fourth-order valence-electron chi connectivity index (χ4n) is 1.30. The van der Waals surface area contributed by atoms with Crippen LogP contribution in [-0.2, 0) is 0 Å². The van der Waals surface area contributed by atoms with Crippen molar-refractivity contribution in [3.8, 4) is 0 Å². The van der Waals surface area contributed by atoms with Crippen molar-refractivity contribution in [2.75, 3.05) is 0 Å². The Morgan fingerprint density at radius 3 is 2.54 bits per heavy atom. The molecule has 0 radical (unpaired) electrons. The molecule has 1 rings (SSSR count). The first-order chi connectivity index (χ1) is 6.00. The highest BCUT2D eigenvalue weighted by molar-refractivity contribution is 7.11. The second-order valence-electron chi connectivity index (χ2n) is 3.13. The van der Waals surface area contributed by atoms with Crippen molar-refractivity contribution in [2.45, 2.75) is 33.7 Å². The molecule has 0 aliphatic rings. The molecule has 0 aromatic carbocycles. The minimum absolute atomic E-state index is 0.135. The summed E-state index contributed by atoms with van der Waals surface area (Å²) in [5.74, 6) is 0.623. The second-order valence-corrected chi connectivity index (χ2v) is 4.36. The Labute approximate surface area is 82.7 Å². The lowest BCUT2D eigenvalue weighted by Gasteiger charge is -2.04. The highest BCUT2D eigenvalue weighted by Crippen LogP contribution is 2.26. The maximum absolute atomic E-state index is 5.52. The highest BCUT2D eigenvalue weighted by atomic mass is 32.1. The van der Waals surface area contributed by atoms with Gasteiger partial charge in [-0.15, -0.1) is 11.3 Å². The monoisotopic (exact) mass is 197 g/mol. The summed E-state index contributed by atoms with van der Waals surface area (Å²) >= 11 is 1.69. The Hall–Kier alpha value is -0.900. The molecule has 0 aliphatic carbocycles. The molecule has 4 heteroatoms. The van der Waals surface area contributed by atoms with Crippen molar-refractivity contribution >= 4 is 17.2 Å². The van der Waals surface area contributed by atoms with Crippen LogP contribution in [0.25, 0.3) is 0 Å². The topological polar surface area (TPSA) is 51.3 Å². The van der Waals surface area contributed by atoms with Crippen LogP contribution < -0.4 is 5.73 Å². The largest absolute Gasteiger partial charge is 0.388 e. The van der Waals surface area contributed by atoms with E-state index in [0.29, 0.717) is 5.84 Å². The van der Waals surface area contributed by atoms with Gasteiger partial charge in [0, 0.05) is 0 Å². The molecule has 1 aromatic heterocycles. The number of aliphatic imine (C=N–C) groups is 1. The molecule has 0 spiro atoms. The number of rotatable bonds is 2. The minimum Gasteiger partial charge on any atom is -0.388 e. The van der Waals surface area contributed by atoms with Crippen LogP contribution in [0.5, 0.6) is 0 Å². The number of aromatic nitrogens is 1. The van der Waals surface area contributed by atoms with Gasteiger partial charge < -0.3 is 5.73 Å². The molecule has 0 saturated heterocycles. The third-order valence-corrected chi connectivity index (χ3v) is 2.96. The van der Waals surface area contributed by atoms with E-state index in [9.17, 15) is 0 Å². The normalized spacial score (nSPS) is 14.6. The lowest BCUT2D eigenvalue weighted by Crippen LogP contribution is -2.07. The van der Waals surface area contributed by atoms with Crippen molar-refractivity contribution in [1.82, 2.24) is 4.98 Å². The number of nitrogens with zero attached hydrogens (tertiary/aromatic N) is 2. The third-order valence-electron chi connectivity index (χ3n) is 1.72. The van der Waals surface area contributed by atoms with Crippen LogP contribution in [-0.4, -0.2) is 10.8 Å². The molecule has 1 atom stereocenters. The summed E-state index contributed by atoms with van der Waals surface area (Å²) in [7, 11) is 0. The van der Waals surface area contributed by atoms with Gasteiger partial charge >= 0.3 is 0 Å². The summed E-state index contributed by atoms with van der Waals surface area (Å²) in [6, 6.07) is 0.135. The SMILES string of the molecule is CC(N)=NC(C)c1sc(C)nc1C. The molecule has 13 heavy (non-hydrogen) atoms. The smallest absolute Gasteiger partial charge is 0.0913 e. The van der Waals surface area contributed by atoms with Gasteiger partial charge in [-0.1, -0.05) is 0 Å². The van der Waals surface area contributed by atoms with E-state index in [1.54, 1.807) is 18.3 Å². The molecule has 72 valence electrons. The Bertz CT molecular complexity index is 324. The van der Waals surface area contributed by atoms with E-state index in [1.807, 2.05) is 20.8 Å². The van der Waals surface area contributed by atoms with Crippen LogP contribution in [0.15, 0.2) is 4.99 Å². The molecule has 0 amide bonds. The first-order valence-corrected chi connectivity index (χ1v) is 5.06. The van der Waals surface area contributed by atoms with Gasteiger partial charge in [-0.2, -0.15) is 0 Å². The summed E-state index contributed by atoms with van der Waals surface area (Å²) in [6.45, 7) is 7.86. The zero-order valence-corrected chi connectivity index (χ0v) is 9.27. The standard InChI is InChI=1S/C9H15N3S/c1-5(11-7(3)10)9-6(2)12-8(4)13-9/h5H,1-4H3,(H2,10,11). The Balaban J connectivity index is 2.94. The fraction of sp³-hybridized carbons (Fsp3) is 0.556. The Morgan fingerprint density at radius 1 is 1.54 bits per heavy atom. The van der Waals surface area contributed by atoms with Gasteiger partial charge in [-0.3, -0.25) is 4.99 Å². The summed E-state index contributed by atoms with van der Waals surface area (Å²) in [6.07, 6.45) is 0. The lowest BCUT2D eigenvalue weighted by atomic mass is 10.2. The average Bonchev–Trinajstić information content (AvgIpc) is 2.28. The van der Waals surface area contributed by atoms with E-state index in [-0.39, 0.29) is 6.04 Å². The van der Waals surface area contributed by atoms with Crippen LogP contribution in [0.2, 0.25) is 0 Å². The van der Waals surface area contributed by atoms with Crippen LogP contribution in [0.3, 0.4) is 0 Å². The number of hydrogen-bond acceptors (Lipinski definition) is 3. The van der Waals surface area contributed by atoms with Gasteiger partial charge in [0.05, 0.1) is 27.5 Å².